The Kier molecular flexibility index (Phi) is 6.57. The molecule has 0 amide bonds. The number of carbonyl (C=O) groups is 2. The van der Waals surface area contributed by atoms with Crippen LogP contribution < -0.4 is 5.32 Å². The molecule has 4 rings (SSSR count). The van der Waals surface area contributed by atoms with Crippen molar-refractivity contribution < 1.29 is 14.7 Å². The van der Waals surface area contributed by atoms with E-state index in [4.69, 9.17) is 5.11 Å². The first-order chi connectivity index (χ1) is 15.6. The summed E-state index contributed by atoms with van der Waals surface area (Å²) in [7, 11) is 0. The number of carboxylic acid groups (broad SMARTS) is 1. The van der Waals surface area contributed by atoms with Crippen LogP contribution in [-0.2, 0) is 0 Å². The van der Waals surface area contributed by atoms with E-state index in [1.54, 1.807) is 24.4 Å². The molecule has 0 atom stereocenters. The normalized spacial score (nSPS) is 10.5. The average Bonchev–Trinajstić information content (AvgIpc) is 2.84. The standard InChI is InChI=1S/C25H19N3O3S/c29-22(19-8-6-18(7-9-19)17-4-2-1-3-5-17)16-32-25-26-15-14-23(28-25)27-21-12-10-20(11-13-21)24(30)31/h1-15H,16H2,(H,30,31)(H,26,27,28). The van der Waals surface area contributed by atoms with Gasteiger partial charge in [0.1, 0.15) is 5.82 Å². The van der Waals surface area contributed by atoms with Crippen molar-refractivity contribution >= 4 is 35.0 Å². The predicted molar refractivity (Wildman–Crippen MR) is 126 cm³/mol. The Hall–Kier alpha value is -3.97. The van der Waals surface area contributed by atoms with Gasteiger partial charge in [-0.2, -0.15) is 0 Å². The van der Waals surface area contributed by atoms with Crippen LogP contribution in [0.15, 0.2) is 96.3 Å². The molecule has 1 heterocycles. The molecule has 0 spiro atoms. The Morgan fingerprint density at radius 3 is 2.16 bits per heavy atom. The zero-order valence-corrected chi connectivity index (χ0v) is 17.8. The Morgan fingerprint density at radius 1 is 0.812 bits per heavy atom. The van der Waals surface area contributed by atoms with Crippen molar-refractivity contribution in [2.45, 2.75) is 5.16 Å². The number of rotatable bonds is 8. The van der Waals surface area contributed by atoms with E-state index in [2.05, 4.69) is 15.3 Å². The molecule has 6 nitrogen and oxygen atoms in total. The minimum atomic E-state index is -0.975. The molecule has 158 valence electrons. The van der Waals surface area contributed by atoms with Crippen molar-refractivity contribution in [1.29, 1.82) is 0 Å². The fourth-order valence-corrected chi connectivity index (χ4v) is 3.74. The molecule has 0 fully saturated rings. The SMILES string of the molecule is O=C(O)c1ccc(Nc2ccnc(SCC(=O)c3ccc(-c4ccccc4)cc3)n2)cc1. The number of nitrogens with zero attached hydrogens (tertiary/aromatic N) is 2. The Morgan fingerprint density at radius 2 is 1.47 bits per heavy atom. The van der Waals surface area contributed by atoms with E-state index in [9.17, 15) is 9.59 Å². The summed E-state index contributed by atoms with van der Waals surface area (Å²) in [5.41, 5.74) is 3.73. The van der Waals surface area contributed by atoms with Crippen LogP contribution in [0.2, 0.25) is 0 Å². The molecule has 0 unspecified atom stereocenters. The predicted octanol–water partition coefficient (Wildman–Crippen LogP) is 5.56. The van der Waals surface area contributed by atoms with Gasteiger partial charge in [-0.25, -0.2) is 14.8 Å². The monoisotopic (exact) mass is 441 g/mol. The molecule has 32 heavy (non-hydrogen) atoms. The van der Waals surface area contributed by atoms with Gasteiger partial charge in [-0.05, 0) is 41.5 Å². The highest BCUT2D eigenvalue weighted by Gasteiger charge is 2.10. The van der Waals surface area contributed by atoms with Gasteiger partial charge in [0.25, 0.3) is 0 Å². The Labute approximate surface area is 189 Å². The molecule has 0 aliphatic heterocycles. The van der Waals surface area contributed by atoms with Gasteiger partial charge in [-0.15, -0.1) is 0 Å². The number of carboxylic acids is 1. The first kappa shape index (κ1) is 21.3. The van der Waals surface area contributed by atoms with E-state index in [0.29, 0.717) is 22.2 Å². The Bertz CT molecular complexity index is 1230. The first-order valence-corrected chi connectivity index (χ1v) is 10.8. The zero-order valence-electron chi connectivity index (χ0n) is 16.9. The molecule has 4 aromatic rings. The van der Waals surface area contributed by atoms with Crippen LogP contribution in [0.25, 0.3) is 11.1 Å². The number of Topliss-reactive ketones (excluding diaryl/α,β-unsaturated/α-hetero) is 1. The highest BCUT2D eigenvalue weighted by molar-refractivity contribution is 7.99. The maximum absolute atomic E-state index is 12.6. The lowest BCUT2D eigenvalue weighted by Gasteiger charge is -2.07. The third kappa shape index (κ3) is 5.39. The third-order valence-corrected chi connectivity index (χ3v) is 5.55. The first-order valence-electron chi connectivity index (χ1n) is 9.83. The number of hydrogen-bond acceptors (Lipinski definition) is 6. The number of aromatic carboxylic acids is 1. The molecule has 0 saturated carbocycles. The van der Waals surface area contributed by atoms with Gasteiger partial charge in [0.2, 0.25) is 0 Å². The second-order valence-electron chi connectivity index (χ2n) is 6.89. The summed E-state index contributed by atoms with van der Waals surface area (Å²) in [6.45, 7) is 0. The van der Waals surface area contributed by atoms with Crippen molar-refractivity contribution in [1.82, 2.24) is 9.97 Å². The van der Waals surface area contributed by atoms with Gasteiger partial charge >= 0.3 is 5.97 Å². The summed E-state index contributed by atoms with van der Waals surface area (Å²) >= 11 is 1.27. The summed E-state index contributed by atoms with van der Waals surface area (Å²) in [5.74, 6) is -0.190. The van der Waals surface area contributed by atoms with Gasteiger partial charge in [0, 0.05) is 17.4 Å². The van der Waals surface area contributed by atoms with Crippen molar-refractivity contribution in [3.05, 3.63) is 102 Å². The molecule has 0 radical (unpaired) electrons. The van der Waals surface area contributed by atoms with E-state index in [1.165, 1.54) is 23.9 Å². The number of ketones is 1. The van der Waals surface area contributed by atoms with Crippen LogP contribution in [0.4, 0.5) is 11.5 Å². The van der Waals surface area contributed by atoms with Crippen molar-refractivity contribution in [2.75, 3.05) is 11.1 Å². The smallest absolute Gasteiger partial charge is 0.335 e. The van der Waals surface area contributed by atoms with Crippen molar-refractivity contribution in [3.63, 3.8) is 0 Å². The largest absolute Gasteiger partial charge is 0.478 e. The summed E-state index contributed by atoms with van der Waals surface area (Å²) < 4.78 is 0. The van der Waals surface area contributed by atoms with Gasteiger partial charge in [0.15, 0.2) is 10.9 Å². The minimum Gasteiger partial charge on any atom is -0.478 e. The fraction of sp³-hybridized carbons (Fsp3) is 0.0400. The number of carbonyl (C=O) groups excluding carboxylic acids is 1. The molecule has 0 bridgehead atoms. The van der Waals surface area contributed by atoms with Crippen LogP contribution in [0.1, 0.15) is 20.7 Å². The molecule has 1 aromatic heterocycles. The maximum Gasteiger partial charge on any atom is 0.335 e. The van der Waals surface area contributed by atoms with Crippen molar-refractivity contribution in [2.24, 2.45) is 0 Å². The topological polar surface area (TPSA) is 92.2 Å². The van der Waals surface area contributed by atoms with Crippen LogP contribution >= 0.6 is 11.8 Å². The lowest BCUT2D eigenvalue weighted by molar-refractivity contribution is 0.0696. The maximum atomic E-state index is 12.6. The van der Waals surface area contributed by atoms with Gasteiger partial charge < -0.3 is 10.4 Å². The number of benzene rings is 3. The molecule has 3 aromatic carbocycles. The lowest BCUT2D eigenvalue weighted by Crippen LogP contribution is -2.03. The highest BCUT2D eigenvalue weighted by atomic mass is 32.2. The summed E-state index contributed by atoms with van der Waals surface area (Å²) in [5, 5.41) is 12.6. The number of hydrogen-bond donors (Lipinski definition) is 2. The van der Waals surface area contributed by atoms with Crippen LogP contribution in [0.5, 0.6) is 0 Å². The van der Waals surface area contributed by atoms with Gasteiger partial charge in [-0.3, -0.25) is 4.79 Å². The number of nitrogens with one attached hydrogen (secondary N) is 1. The van der Waals surface area contributed by atoms with Crippen molar-refractivity contribution in [3.8, 4) is 11.1 Å². The summed E-state index contributed by atoms with van der Waals surface area (Å²) in [6, 6.07) is 25.7. The van der Waals surface area contributed by atoms with Crippen LogP contribution in [-0.4, -0.2) is 32.6 Å². The molecular weight excluding hydrogens is 422 g/mol. The summed E-state index contributed by atoms with van der Waals surface area (Å²) in [4.78, 5) is 32.2. The van der Waals surface area contributed by atoms with E-state index in [0.717, 1.165) is 11.1 Å². The fourth-order valence-electron chi connectivity index (χ4n) is 3.02. The van der Waals surface area contributed by atoms with E-state index < -0.39 is 5.97 Å². The summed E-state index contributed by atoms with van der Waals surface area (Å²) in [6.07, 6.45) is 1.61. The zero-order chi connectivity index (χ0) is 22.3. The highest BCUT2D eigenvalue weighted by Crippen LogP contribution is 2.22. The minimum absolute atomic E-state index is 0.000772. The Balaban J connectivity index is 1.36. The van der Waals surface area contributed by atoms with E-state index in [-0.39, 0.29) is 17.1 Å². The number of thioether (sulfide) groups is 1. The lowest BCUT2D eigenvalue weighted by atomic mass is 10.0. The molecule has 0 aliphatic carbocycles. The quantitative estimate of drug-likeness (QED) is 0.210. The molecular formula is C25H19N3O3S. The molecule has 0 saturated heterocycles. The molecule has 7 heteroatoms. The molecule has 0 aliphatic rings. The number of aromatic nitrogens is 2. The third-order valence-electron chi connectivity index (χ3n) is 4.68. The van der Waals surface area contributed by atoms with Gasteiger partial charge in [0.05, 0.1) is 11.3 Å². The van der Waals surface area contributed by atoms with E-state index in [1.807, 2.05) is 54.6 Å². The second-order valence-corrected chi connectivity index (χ2v) is 7.83. The van der Waals surface area contributed by atoms with Gasteiger partial charge in [-0.1, -0.05) is 66.4 Å². The average molecular weight is 442 g/mol. The van der Waals surface area contributed by atoms with Crippen LogP contribution in [0.3, 0.4) is 0 Å². The second kappa shape index (κ2) is 9.89. The van der Waals surface area contributed by atoms with Crippen LogP contribution in [0, 0.1) is 0 Å². The number of anilines is 2. The van der Waals surface area contributed by atoms with E-state index >= 15 is 0 Å². The molecule has 2 N–H and O–H groups in total.